The van der Waals surface area contributed by atoms with Crippen molar-refractivity contribution in [1.29, 1.82) is 0 Å². The summed E-state index contributed by atoms with van der Waals surface area (Å²) in [5.41, 5.74) is 5.85. The van der Waals surface area contributed by atoms with Crippen molar-refractivity contribution < 1.29 is 0 Å². The maximum atomic E-state index is 5.85. The Bertz CT molecular complexity index is 154. The van der Waals surface area contributed by atoms with Crippen molar-refractivity contribution in [2.75, 3.05) is 24.6 Å². The second-order valence-corrected chi connectivity index (χ2v) is 5.71. The third-order valence-electron chi connectivity index (χ3n) is 3.61. The van der Waals surface area contributed by atoms with Gasteiger partial charge in [-0.25, -0.2) is 0 Å². The first kappa shape index (κ1) is 13.3. The van der Waals surface area contributed by atoms with E-state index in [1.54, 1.807) is 0 Å². The standard InChI is InChI=1S/C12H26N2S/c1-3-10(4-2)8-14-12(7-13)11-5-6-15-9-11/h10-12,14H,3-9,13H2,1-2H3. The number of rotatable bonds is 7. The molecule has 1 rings (SSSR count). The van der Waals surface area contributed by atoms with Crippen molar-refractivity contribution in [2.24, 2.45) is 17.6 Å². The molecule has 0 aromatic carbocycles. The van der Waals surface area contributed by atoms with Gasteiger partial charge in [0, 0.05) is 12.6 Å². The Balaban J connectivity index is 2.26. The lowest BCUT2D eigenvalue weighted by atomic mass is 9.97. The molecule has 2 unspecified atom stereocenters. The highest BCUT2D eigenvalue weighted by molar-refractivity contribution is 7.99. The molecule has 0 aromatic heterocycles. The predicted molar refractivity (Wildman–Crippen MR) is 70.3 cm³/mol. The van der Waals surface area contributed by atoms with Gasteiger partial charge in [-0.1, -0.05) is 26.7 Å². The Morgan fingerprint density at radius 1 is 1.40 bits per heavy atom. The molecule has 0 aromatic rings. The number of hydrogen-bond acceptors (Lipinski definition) is 3. The van der Waals surface area contributed by atoms with Gasteiger partial charge in [0.05, 0.1) is 0 Å². The van der Waals surface area contributed by atoms with Crippen molar-refractivity contribution in [2.45, 2.75) is 39.2 Å². The first-order valence-corrected chi connectivity index (χ1v) is 7.48. The summed E-state index contributed by atoms with van der Waals surface area (Å²) in [6, 6.07) is 0.556. The van der Waals surface area contributed by atoms with Gasteiger partial charge in [-0.15, -0.1) is 0 Å². The fourth-order valence-electron chi connectivity index (χ4n) is 2.21. The van der Waals surface area contributed by atoms with E-state index in [4.69, 9.17) is 5.73 Å². The zero-order chi connectivity index (χ0) is 11.1. The van der Waals surface area contributed by atoms with Crippen LogP contribution in [0.4, 0.5) is 0 Å². The van der Waals surface area contributed by atoms with Crippen LogP contribution >= 0.6 is 11.8 Å². The van der Waals surface area contributed by atoms with Crippen molar-refractivity contribution in [3.05, 3.63) is 0 Å². The van der Waals surface area contributed by atoms with E-state index in [1.807, 2.05) is 0 Å². The molecule has 1 saturated heterocycles. The molecule has 15 heavy (non-hydrogen) atoms. The van der Waals surface area contributed by atoms with Gasteiger partial charge < -0.3 is 11.1 Å². The van der Waals surface area contributed by atoms with E-state index in [9.17, 15) is 0 Å². The monoisotopic (exact) mass is 230 g/mol. The molecule has 0 radical (unpaired) electrons. The second-order valence-electron chi connectivity index (χ2n) is 4.56. The van der Waals surface area contributed by atoms with Crippen LogP contribution in [0, 0.1) is 11.8 Å². The van der Waals surface area contributed by atoms with Gasteiger partial charge in [0.2, 0.25) is 0 Å². The van der Waals surface area contributed by atoms with Crippen LogP contribution in [0.3, 0.4) is 0 Å². The van der Waals surface area contributed by atoms with E-state index < -0.39 is 0 Å². The average Bonchev–Trinajstić information content (AvgIpc) is 2.78. The van der Waals surface area contributed by atoms with Crippen LogP contribution in [-0.4, -0.2) is 30.6 Å². The number of nitrogens with one attached hydrogen (secondary N) is 1. The Labute approximate surface area is 98.8 Å². The Morgan fingerprint density at radius 3 is 2.60 bits per heavy atom. The summed E-state index contributed by atoms with van der Waals surface area (Å²) in [6.45, 7) is 6.50. The zero-order valence-corrected chi connectivity index (χ0v) is 11.0. The summed E-state index contributed by atoms with van der Waals surface area (Å²) in [5.74, 6) is 4.27. The van der Waals surface area contributed by atoms with Crippen LogP contribution in [-0.2, 0) is 0 Å². The van der Waals surface area contributed by atoms with Gasteiger partial charge in [0.15, 0.2) is 0 Å². The fourth-order valence-corrected chi connectivity index (χ4v) is 3.55. The van der Waals surface area contributed by atoms with Gasteiger partial charge in [0.1, 0.15) is 0 Å². The largest absolute Gasteiger partial charge is 0.329 e. The fraction of sp³-hybridized carbons (Fsp3) is 1.00. The predicted octanol–water partition coefficient (Wildman–Crippen LogP) is 2.09. The molecule has 1 aliphatic heterocycles. The second kappa shape index (κ2) is 7.53. The van der Waals surface area contributed by atoms with Crippen molar-refractivity contribution in [3.8, 4) is 0 Å². The van der Waals surface area contributed by atoms with Gasteiger partial charge in [-0.05, 0) is 36.3 Å². The molecule has 2 atom stereocenters. The van der Waals surface area contributed by atoms with E-state index in [1.165, 1.54) is 30.8 Å². The molecule has 90 valence electrons. The lowest BCUT2D eigenvalue weighted by Crippen LogP contribution is -2.44. The summed E-state index contributed by atoms with van der Waals surface area (Å²) < 4.78 is 0. The molecule has 0 bridgehead atoms. The highest BCUT2D eigenvalue weighted by Gasteiger charge is 2.24. The summed E-state index contributed by atoms with van der Waals surface area (Å²) in [5, 5.41) is 3.67. The molecule has 0 amide bonds. The maximum absolute atomic E-state index is 5.85. The van der Waals surface area contributed by atoms with Crippen LogP contribution in [0.15, 0.2) is 0 Å². The van der Waals surface area contributed by atoms with Crippen LogP contribution in [0.5, 0.6) is 0 Å². The van der Waals surface area contributed by atoms with Crippen molar-refractivity contribution in [1.82, 2.24) is 5.32 Å². The minimum Gasteiger partial charge on any atom is -0.329 e. The molecule has 3 heteroatoms. The Morgan fingerprint density at radius 2 is 2.13 bits per heavy atom. The third kappa shape index (κ3) is 4.33. The van der Waals surface area contributed by atoms with E-state index in [2.05, 4.69) is 30.9 Å². The molecule has 1 heterocycles. The molecular formula is C12H26N2S. The van der Waals surface area contributed by atoms with Crippen molar-refractivity contribution >= 4 is 11.8 Å². The quantitative estimate of drug-likeness (QED) is 0.703. The summed E-state index contributed by atoms with van der Waals surface area (Å²) in [6.07, 6.45) is 3.91. The first-order valence-electron chi connectivity index (χ1n) is 6.32. The molecule has 0 spiro atoms. The lowest BCUT2D eigenvalue weighted by molar-refractivity contribution is 0.346. The minimum atomic E-state index is 0.556. The Kier molecular flexibility index (Phi) is 6.69. The SMILES string of the molecule is CCC(CC)CNC(CN)C1CCSC1. The number of thioether (sulfide) groups is 1. The van der Waals surface area contributed by atoms with Gasteiger partial charge in [-0.2, -0.15) is 11.8 Å². The van der Waals surface area contributed by atoms with Crippen LogP contribution in [0.1, 0.15) is 33.1 Å². The third-order valence-corrected chi connectivity index (χ3v) is 4.80. The maximum Gasteiger partial charge on any atom is 0.0226 e. The normalized spacial score (nSPS) is 23.6. The summed E-state index contributed by atoms with van der Waals surface area (Å²) >= 11 is 2.08. The topological polar surface area (TPSA) is 38.0 Å². The molecule has 3 N–H and O–H groups in total. The van der Waals surface area contributed by atoms with Gasteiger partial charge in [-0.3, -0.25) is 0 Å². The molecular weight excluding hydrogens is 204 g/mol. The highest BCUT2D eigenvalue weighted by atomic mass is 32.2. The summed E-state index contributed by atoms with van der Waals surface area (Å²) in [4.78, 5) is 0. The average molecular weight is 230 g/mol. The smallest absolute Gasteiger partial charge is 0.0226 e. The van der Waals surface area contributed by atoms with Crippen LogP contribution in [0.2, 0.25) is 0 Å². The highest BCUT2D eigenvalue weighted by Crippen LogP contribution is 2.26. The minimum absolute atomic E-state index is 0.556. The molecule has 0 aliphatic carbocycles. The first-order chi connectivity index (χ1) is 7.31. The van der Waals surface area contributed by atoms with Crippen LogP contribution in [0.25, 0.3) is 0 Å². The number of nitrogens with two attached hydrogens (primary N) is 1. The lowest BCUT2D eigenvalue weighted by Gasteiger charge is -2.25. The Hall–Kier alpha value is 0.270. The summed E-state index contributed by atoms with van der Waals surface area (Å²) in [7, 11) is 0. The van der Waals surface area contributed by atoms with E-state index in [-0.39, 0.29) is 0 Å². The van der Waals surface area contributed by atoms with Gasteiger partial charge in [0.25, 0.3) is 0 Å². The van der Waals surface area contributed by atoms with E-state index in [0.717, 1.165) is 24.9 Å². The zero-order valence-electron chi connectivity index (χ0n) is 10.2. The number of hydrogen-bond donors (Lipinski definition) is 2. The molecule has 2 nitrogen and oxygen atoms in total. The molecule has 1 aliphatic rings. The van der Waals surface area contributed by atoms with Crippen LogP contribution < -0.4 is 11.1 Å². The van der Waals surface area contributed by atoms with E-state index in [0.29, 0.717) is 6.04 Å². The van der Waals surface area contributed by atoms with E-state index >= 15 is 0 Å². The van der Waals surface area contributed by atoms with Crippen molar-refractivity contribution in [3.63, 3.8) is 0 Å². The van der Waals surface area contributed by atoms with Gasteiger partial charge >= 0.3 is 0 Å². The molecule has 0 saturated carbocycles. The molecule has 1 fully saturated rings.